The Bertz CT molecular complexity index is 939. The summed E-state index contributed by atoms with van der Waals surface area (Å²) >= 11 is 0. The van der Waals surface area contributed by atoms with Crippen molar-refractivity contribution in [3.8, 4) is 11.3 Å². The number of hydrogen-bond acceptors (Lipinski definition) is 5. The zero-order chi connectivity index (χ0) is 18.8. The first kappa shape index (κ1) is 18.1. The number of pyridine rings is 1. The van der Waals surface area contributed by atoms with Gasteiger partial charge in [-0.3, -0.25) is 4.79 Å². The molecule has 3 aromatic rings. The number of furan rings is 1. The summed E-state index contributed by atoms with van der Waals surface area (Å²) in [6.07, 6.45) is 1.71. The molecule has 7 heteroatoms. The van der Waals surface area contributed by atoms with Crippen molar-refractivity contribution in [2.75, 3.05) is 20.1 Å². The Morgan fingerprint density at radius 2 is 2.04 bits per heavy atom. The normalized spacial score (nSPS) is 11.5. The second kappa shape index (κ2) is 7.29. The van der Waals surface area contributed by atoms with Crippen LogP contribution in [0.15, 0.2) is 22.7 Å². The second-order valence-corrected chi connectivity index (χ2v) is 6.66. The van der Waals surface area contributed by atoms with Crippen LogP contribution in [0.3, 0.4) is 0 Å². The largest absolute Gasteiger partial charge is 0.466 e. The van der Waals surface area contributed by atoms with Crippen LogP contribution < -0.4 is 10.6 Å². The van der Waals surface area contributed by atoms with Crippen LogP contribution in [0, 0.1) is 13.8 Å². The third-order valence-electron chi connectivity index (χ3n) is 4.28. The summed E-state index contributed by atoms with van der Waals surface area (Å²) in [7, 11) is 1.85. The molecule has 0 atom stereocenters. The molecule has 3 heterocycles. The summed E-state index contributed by atoms with van der Waals surface area (Å²) in [5.41, 5.74) is 2.89. The number of nitrogens with one attached hydrogen (secondary N) is 2. The van der Waals surface area contributed by atoms with E-state index in [0.29, 0.717) is 30.0 Å². The summed E-state index contributed by atoms with van der Waals surface area (Å²) in [6.45, 7) is 9.15. The molecular formula is C19H25N5O2. The number of carbonyl (C=O) groups is 1. The minimum absolute atomic E-state index is 0.130. The van der Waals surface area contributed by atoms with E-state index in [1.165, 1.54) is 0 Å². The number of rotatable bonds is 6. The number of nitrogens with zero attached hydrogens (tertiary/aromatic N) is 3. The lowest BCUT2D eigenvalue weighted by Gasteiger charge is -2.10. The minimum Gasteiger partial charge on any atom is -0.466 e. The molecule has 0 saturated heterocycles. The molecule has 0 aliphatic heterocycles. The first-order chi connectivity index (χ1) is 12.4. The smallest absolute Gasteiger partial charge is 0.252 e. The first-order valence-corrected chi connectivity index (χ1v) is 8.80. The van der Waals surface area contributed by atoms with Gasteiger partial charge in [-0.2, -0.15) is 5.10 Å². The molecule has 0 radical (unpaired) electrons. The number of carbonyl (C=O) groups excluding carboxylic acids is 1. The van der Waals surface area contributed by atoms with E-state index < -0.39 is 0 Å². The number of aryl methyl sites for hydroxylation is 2. The van der Waals surface area contributed by atoms with Gasteiger partial charge in [0.15, 0.2) is 5.65 Å². The summed E-state index contributed by atoms with van der Waals surface area (Å²) in [5, 5.41) is 11.1. The Labute approximate surface area is 152 Å². The molecule has 0 saturated carbocycles. The lowest BCUT2D eigenvalue weighted by Crippen LogP contribution is -2.30. The minimum atomic E-state index is -0.130. The van der Waals surface area contributed by atoms with Crippen LogP contribution in [0.5, 0.6) is 0 Å². The van der Waals surface area contributed by atoms with Gasteiger partial charge in [0.1, 0.15) is 11.5 Å². The summed E-state index contributed by atoms with van der Waals surface area (Å²) in [4.78, 5) is 17.5. The molecule has 0 aromatic carbocycles. The molecule has 26 heavy (non-hydrogen) atoms. The standard InChI is InChI=1S/C19H25N5O2/c1-11(2)24-18-16(10-22-24)15(19(25)21-7-6-20-5)9-17(23-18)14-8-12(3)26-13(14)4/h8-11,20H,6-7H2,1-5H3,(H,21,25). The molecule has 0 aliphatic rings. The highest BCUT2D eigenvalue weighted by molar-refractivity contribution is 6.06. The van der Waals surface area contributed by atoms with Crippen molar-refractivity contribution in [1.29, 1.82) is 0 Å². The maximum absolute atomic E-state index is 12.8. The van der Waals surface area contributed by atoms with E-state index in [2.05, 4.69) is 15.7 Å². The van der Waals surface area contributed by atoms with E-state index in [4.69, 9.17) is 9.40 Å². The van der Waals surface area contributed by atoms with Crippen molar-refractivity contribution >= 4 is 16.9 Å². The monoisotopic (exact) mass is 355 g/mol. The second-order valence-electron chi connectivity index (χ2n) is 6.66. The van der Waals surface area contributed by atoms with Gasteiger partial charge in [0, 0.05) is 24.7 Å². The number of amides is 1. The molecule has 3 aromatic heterocycles. The van der Waals surface area contributed by atoms with Crippen LogP contribution in [0.25, 0.3) is 22.3 Å². The fourth-order valence-corrected chi connectivity index (χ4v) is 3.00. The third kappa shape index (κ3) is 3.35. The summed E-state index contributed by atoms with van der Waals surface area (Å²) < 4.78 is 7.49. The highest BCUT2D eigenvalue weighted by Gasteiger charge is 2.20. The molecule has 138 valence electrons. The maximum Gasteiger partial charge on any atom is 0.252 e. The highest BCUT2D eigenvalue weighted by Crippen LogP contribution is 2.29. The Balaban J connectivity index is 2.15. The number of hydrogen-bond donors (Lipinski definition) is 2. The maximum atomic E-state index is 12.8. The lowest BCUT2D eigenvalue weighted by atomic mass is 10.1. The number of fused-ring (bicyclic) bond motifs is 1. The van der Waals surface area contributed by atoms with E-state index >= 15 is 0 Å². The van der Waals surface area contributed by atoms with Crippen molar-refractivity contribution in [2.45, 2.75) is 33.7 Å². The Kier molecular flexibility index (Phi) is 5.08. The SMILES string of the molecule is CNCCNC(=O)c1cc(-c2cc(C)oc2C)nc2c1cnn2C(C)C. The van der Waals surface area contributed by atoms with Crippen LogP contribution >= 0.6 is 0 Å². The van der Waals surface area contributed by atoms with Crippen LogP contribution in [0.2, 0.25) is 0 Å². The molecule has 7 nitrogen and oxygen atoms in total. The fraction of sp³-hybridized carbons (Fsp3) is 0.421. The van der Waals surface area contributed by atoms with E-state index in [1.54, 1.807) is 6.20 Å². The summed E-state index contributed by atoms with van der Waals surface area (Å²) in [5.74, 6) is 1.47. The van der Waals surface area contributed by atoms with Crippen molar-refractivity contribution in [3.05, 3.63) is 35.4 Å². The van der Waals surface area contributed by atoms with E-state index in [0.717, 1.165) is 22.5 Å². The average molecular weight is 355 g/mol. The van der Waals surface area contributed by atoms with Crippen molar-refractivity contribution in [1.82, 2.24) is 25.4 Å². The summed E-state index contributed by atoms with van der Waals surface area (Å²) in [6, 6.07) is 3.91. The van der Waals surface area contributed by atoms with Gasteiger partial charge in [-0.1, -0.05) is 0 Å². The van der Waals surface area contributed by atoms with Gasteiger partial charge < -0.3 is 15.1 Å². The molecule has 0 aliphatic carbocycles. The van der Waals surface area contributed by atoms with Gasteiger partial charge in [-0.05, 0) is 46.9 Å². The Morgan fingerprint density at radius 3 is 2.65 bits per heavy atom. The molecule has 3 rings (SSSR count). The van der Waals surface area contributed by atoms with Crippen LogP contribution in [0.1, 0.15) is 41.8 Å². The topological polar surface area (TPSA) is 85.0 Å². The van der Waals surface area contributed by atoms with Gasteiger partial charge >= 0.3 is 0 Å². The van der Waals surface area contributed by atoms with Gasteiger partial charge in [0.05, 0.1) is 22.8 Å². The van der Waals surface area contributed by atoms with Crippen LogP contribution in [-0.2, 0) is 0 Å². The molecular weight excluding hydrogens is 330 g/mol. The van der Waals surface area contributed by atoms with E-state index in [-0.39, 0.29) is 11.9 Å². The molecule has 2 N–H and O–H groups in total. The molecule has 0 bridgehead atoms. The third-order valence-corrected chi connectivity index (χ3v) is 4.28. The first-order valence-electron chi connectivity index (χ1n) is 8.80. The molecule has 0 fully saturated rings. The lowest BCUT2D eigenvalue weighted by molar-refractivity contribution is 0.0955. The van der Waals surface area contributed by atoms with Crippen LogP contribution in [0.4, 0.5) is 0 Å². The average Bonchev–Trinajstić information content (AvgIpc) is 3.16. The zero-order valence-corrected chi connectivity index (χ0v) is 15.9. The van der Waals surface area contributed by atoms with Crippen LogP contribution in [-0.4, -0.2) is 40.8 Å². The van der Waals surface area contributed by atoms with Crippen molar-refractivity contribution in [3.63, 3.8) is 0 Å². The predicted molar refractivity (Wildman–Crippen MR) is 101 cm³/mol. The predicted octanol–water partition coefficient (Wildman–Crippen LogP) is 2.84. The highest BCUT2D eigenvalue weighted by atomic mass is 16.3. The molecule has 1 amide bonds. The van der Waals surface area contributed by atoms with Crippen molar-refractivity contribution < 1.29 is 9.21 Å². The van der Waals surface area contributed by atoms with Crippen molar-refractivity contribution in [2.24, 2.45) is 0 Å². The molecule has 0 spiro atoms. The van der Waals surface area contributed by atoms with Gasteiger partial charge in [-0.15, -0.1) is 0 Å². The van der Waals surface area contributed by atoms with Gasteiger partial charge in [0.25, 0.3) is 5.91 Å². The number of likely N-dealkylation sites (N-methyl/N-ethyl adjacent to an activating group) is 1. The quantitative estimate of drug-likeness (QED) is 0.664. The Hall–Kier alpha value is -2.67. The van der Waals surface area contributed by atoms with E-state index in [9.17, 15) is 4.79 Å². The van der Waals surface area contributed by atoms with E-state index in [1.807, 2.05) is 51.6 Å². The zero-order valence-electron chi connectivity index (χ0n) is 15.9. The fourth-order valence-electron chi connectivity index (χ4n) is 3.00. The Morgan fingerprint density at radius 1 is 1.27 bits per heavy atom. The van der Waals surface area contributed by atoms with Gasteiger partial charge in [0.2, 0.25) is 0 Å². The number of aromatic nitrogens is 3. The van der Waals surface area contributed by atoms with Gasteiger partial charge in [-0.25, -0.2) is 9.67 Å². The molecule has 0 unspecified atom stereocenters.